The zero-order chi connectivity index (χ0) is 19.5. The minimum Gasteiger partial charge on any atom is -0.360 e. The summed E-state index contributed by atoms with van der Waals surface area (Å²) in [6, 6.07) is 11.5. The van der Waals surface area contributed by atoms with Crippen molar-refractivity contribution in [2.45, 2.75) is 19.4 Å². The van der Waals surface area contributed by atoms with Gasteiger partial charge in [0.15, 0.2) is 5.82 Å². The Bertz CT molecular complexity index is 869. The Morgan fingerprint density at radius 1 is 1.14 bits per heavy atom. The summed E-state index contributed by atoms with van der Waals surface area (Å²) in [4.78, 5) is 30.8. The molecule has 1 aromatic heterocycles. The second-order valence-electron chi connectivity index (χ2n) is 7.23. The Kier molecular flexibility index (Phi) is 5.36. The standard InChI is InChI=1S/C21H24N4O3/c1-16-14-19(22-28-16)25-20(26)15-18(21(25)27)24-12-10-23(11-13-24)9-5-8-17-6-3-2-4-7-17/h2-8,14,18H,9-13,15H2,1H3. The van der Waals surface area contributed by atoms with Gasteiger partial charge in [-0.1, -0.05) is 47.6 Å². The first-order valence-electron chi connectivity index (χ1n) is 9.60. The Labute approximate surface area is 164 Å². The maximum Gasteiger partial charge on any atom is 0.252 e. The first-order chi connectivity index (χ1) is 13.6. The van der Waals surface area contributed by atoms with Gasteiger partial charge in [0.1, 0.15) is 5.76 Å². The molecule has 2 aliphatic rings. The summed E-state index contributed by atoms with van der Waals surface area (Å²) in [6.45, 7) is 5.92. The van der Waals surface area contributed by atoms with Crippen LogP contribution >= 0.6 is 0 Å². The summed E-state index contributed by atoms with van der Waals surface area (Å²) in [7, 11) is 0. The van der Waals surface area contributed by atoms with E-state index in [1.54, 1.807) is 13.0 Å². The number of aryl methyl sites for hydroxylation is 1. The molecule has 2 saturated heterocycles. The number of carbonyl (C=O) groups is 2. The summed E-state index contributed by atoms with van der Waals surface area (Å²) in [5.41, 5.74) is 1.19. The highest BCUT2D eigenvalue weighted by Crippen LogP contribution is 2.26. The summed E-state index contributed by atoms with van der Waals surface area (Å²) < 4.78 is 5.01. The molecule has 7 nitrogen and oxygen atoms in total. The lowest BCUT2D eigenvalue weighted by Gasteiger charge is -2.36. The van der Waals surface area contributed by atoms with Gasteiger partial charge in [-0.05, 0) is 12.5 Å². The quantitative estimate of drug-likeness (QED) is 0.739. The minimum atomic E-state index is -0.397. The van der Waals surface area contributed by atoms with Crippen LogP contribution in [0.15, 0.2) is 47.0 Å². The first kappa shape index (κ1) is 18.6. The second kappa shape index (κ2) is 8.08. The van der Waals surface area contributed by atoms with Crippen molar-refractivity contribution in [2.24, 2.45) is 0 Å². The number of imide groups is 1. The average Bonchev–Trinajstić information content (AvgIpc) is 3.25. The number of piperazine rings is 1. The van der Waals surface area contributed by atoms with E-state index >= 15 is 0 Å². The van der Waals surface area contributed by atoms with E-state index in [1.807, 2.05) is 18.2 Å². The third-order valence-electron chi connectivity index (χ3n) is 5.29. The van der Waals surface area contributed by atoms with Gasteiger partial charge in [0.25, 0.3) is 5.91 Å². The summed E-state index contributed by atoms with van der Waals surface area (Å²) in [5.74, 6) is 0.461. The Balaban J connectivity index is 1.31. The van der Waals surface area contributed by atoms with E-state index in [9.17, 15) is 9.59 Å². The van der Waals surface area contributed by atoms with Gasteiger partial charge in [-0.2, -0.15) is 0 Å². The highest BCUT2D eigenvalue weighted by Gasteiger charge is 2.44. The van der Waals surface area contributed by atoms with Crippen molar-refractivity contribution in [1.82, 2.24) is 15.0 Å². The molecule has 0 saturated carbocycles. The molecule has 4 rings (SSSR count). The maximum absolute atomic E-state index is 12.8. The van der Waals surface area contributed by atoms with Crippen molar-refractivity contribution in [2.75, 3.05) is 37.6 Å². The zero-order valence-corrected chi connectivity index (χ0v) is 16.0. The normalized spacial score (nSPS) is 21.9. The Morgan fingerprint density at radius 2 is 1.89 bits per heavy atom. The molecular formula is C21H24N4O3. The monoisotopic (exact) mass is 380 g/mol. The summed E-state index contributed by atoms with van der Waals surface area (Å²) >= 11 is 0. The minimum absolute atomic E-state index is 0.198. The van der Waals surface area contributed by atoms with Crippen LogP contribution in [0, 0.1) is 6.92 Å². The molecule has 2 aliphatic heterocycles. The molecule has 146 valence electrons. The molecule has 0 spiro atoms. The number of aromatic nitrogens is 1. The molecule has 2 amide bonds. The molecule has 0 radical (unpaired) electrons. The number of benzene rings is 1. The number of rotatable bonds is 5. The third kappa shape index (κ3) is 3.90. The van der Waals surface area contributed by atoms with Crippen molar-refractivity contribution < 1.29 is 14.1 Å². The number of amides is 2. The molecule has 28 heavy (non-hydrogen) atoms. The smallest absolute Gasteiger partial charge is 0.252 e. The van der Waals surface area contributed by atoms with Crippen LogP contribution in [0.2, 0.25) is 0 Å². The Hall–Kier alpha value is -2.77. The molecular weight excluding hydrogens is 356 g/mol. The molecule has 3 heterocycles. The molecule has 0 bridgehead atoms. The second-order valence-corrected chi connectivity index (χ2v) is 7.23. The van der Waals surface area contributed by atoms with Crippen LogP contribution in [-0.2, 0) is 9.59 Å². The van der Waals surface area contributed by atoms with Crippen LogP contribution in [0.5, 0.6) is 0 Å². The molecule has 0 N–H and O–H groups in total. The summed E-state index contributed by atoms with van der Waals surface area (Å²) in [6.07, 6.45) is 4.51. The maximum atomic E-state index is 12.8. The number of carbonyl (C=O) groups excluding carboxylic acids is 2. The number of nitrogens with zero attached hydrogens (tertiary/aromatic N) is 4. The lowest BCUT2D eigenvalue weighted by atomic mass is 10.1. The number of hydrogen-bond donors (Lipinski definition) is 0. The van der Waals surface area contributed by atoms with Gasteiger partial charge in [-0.3, -0.25) is 19.4 Å². The molecule has 2 aromatic rings. The molecule has 7 heteroatoms. The molecule has 2 fully saturated rings. The van der Waals surface area contributed by atoms with E-state index in [2.05, 4.69) is 39.2 Å². The van der Waals surface area contributed by atoms with E-state index in [-0.39, 0.29) is 18.2 Å². The van der Waals surface area contributed by atoms with E-state index in [0.29, 0.717) is 11.6 Å². The van der Waals surface area contributed by atoms with Gasteiger partial charge < -0.3 is 4.52 Å². The van der Waals surface area contributed by atoms with E-state index < -0.39 is 6.04 Å². The van der Waals surface area contributed by atoms with Crippen molar-refractivity contribution >= 4 is 23.7 Å². The number of anilines is 1. The van der Waals surface area contributed by atoms with E-state index in [1.165, 1.54) is 5.56 Å². The van der Waals surface area contributed by atoms with Crippen LogP contribution in [0.4, 0.5) is 5.82 Å². The van der Waals surface area contributed by atoms with Crippen molar-refractivity contribution in [3.8, 4) is 0 Å². The first-order valence-corrected chi connectivity index (χ1v) is 9.60. The van der Waals surface area contributed by atoms with Crippen LogP contribution in [0.3, 0.4) is 0 Å². The van der Waals surface area contributed by atoms with Gasteiger partial charge in [-0.25, -0.2) is 4.90 Å². The fourth-order valence-corrected chi connectivity index (χ4v) is 3.76. The van der Waals surface area contributed by atoms with E-state index in [0.717, 1.165) is 37.6 Å². The van der Waals surface area contributed by atoms with E-state index in [4.69, 9.17) is 4.52 Å². The lowest BCUT2D eigenvalue weighted by Crippen LogP contribution is -2.52. The number of hydrogen-bond acceptors (Lipinski definition) is 6. The van der Waals surface area contributed by atoms with Crippen molar-refractivity contribution in [3.05, 3.63) is 53.8 Å². The van der Waals surface area contributed by atoms with Crippen molar-refractivity contribution in [1.29, 1.82) is 0 Å². The van der Waals surface area contributed by atoms with Gasteiger partial charge in [-0.15, -0.1) is 0 Å². The fraction of sp³-hybridized carbons (Fsp3) is 0.381. The third-order valence-corrected chi connectivity index (χ3v) is 5.29. The zero-order valence-electron chi connectivity index (χ0n) is 16.0. The lowest BCUT2D eigenvalue weighted by molar-refractivity contribution is -0.123. The highest BCUT2D eigenvalue weighted by atomic mass is 16.5. The predicted molar refractivity (Wildman–Crippen MR) is 106 cm³/mol. The summed E-state index contributed by atoms with van der Waals surface area (Å²) in [5, 5.41) is 3.82. The molecule has 1 unspecified atom stereocenters. The van der Waals surface area contributed by atoms with Gasteiger partial charge in [0.2, 0.25) is 5.91 Å². The van der Waals surface area contributed by atoms with Crippen LogP contribution in [-0.4, -0.2) is 65.5 Å². The highest BCUT2D eigenvalue weighted by molar-refractivity contribution is 6.21. The SMILES string of the molecule is Cc1cc(N2C(=O)CC(N3CCN(CC=Cc4ccccc4)CC3)C2=O)no1. The van der Waals surface area contributed by atoms with Crippen LogP contribution in [0.25, 0.3) is 6.08 Å². The Morgan fingerprint density at radius 3 is 2.57 bits per heavy atom. The van der Waals surface area contributed by atoms with Gasteiger partial charge in [0.05, 0.1) is 12.5 Å². The van der Waals surface area contributed by atoms with Gasteiger partial charge >= 0.3 is 0 Å². The predicted octanol–water partition coefficient (Wildman–Crippen LogP) is 1.95. The molecule has 0 aliphatic carbocycles. The fourth-order valence-electron chi connectivity index (χ4n) is 3.76. The topological polar surface area (TPSA) is 69.9 Å². The van der Waals surface area contributed by atoms with Gasteiger partial charge in [0, 0.05) is 38.8 Å². The van der Waals surface area contributed by atoms with Crippen LogP contribution < -0.4 is 4.90 Å². The molecule has 1 atom stereocenters. The van der Waals surface area contributed by atoms with Crippen LogP contribution in [0.1, 0.15) is 17.7 Å². The average molecular weight is 380 g/mol. The largest absolute Gasteiger partial charge is 0.360 e. The molecule has 1 aromatic carbocycles. The van der Waals surface area contributed by atoms with Crippen molar-refractivity contribution in [3.63, 3.8) is 0 Å².